The van der Waals surface area contributed by atoms with E-state index in [0.717, 1.165) is 25.1 Å². The van der Waals surface area contributed by atoms with Crippen LogP contribution >= 0.6 is 0 Å². The molecule has 17 heavy (non-hydrogen) atoms. The Morgan fingerprint density at radius 1 is 1.59 bits per heavy atom. The molecule has 1 aromatic heterocycles. The summed E-state index contributed by atoms with van der Waals surface area (Å²) in [6, 6.07) is 0. The SMILES string of the molecule is CCCCn1nnc(CC(N)=O)c1C(C)OC. The van der Waals surface area contributed by atoms with Gasteiger partial charge in [-0.3, -0.25) is 4.79 Å². The standard InChI is InChI=1S/C11H20N4O2/c1-4-5-6-15-11(8(2)17-3)9(13-14-15)7-10(12)16/h8H,4-7H2,1-3H3,(H2,12,16). The number of aromatic nitrogens is 3. The molecule has 0 aliphatic carbocycles. The van der Waals surface area contributed by atoms with Crippen LogP contribution in [0.2, 0.25) is 0 Å². The van der Waals surface area contributed by atoms with Crippen LogP contribution in [0, 0.1) is 0 Å². The summed E-state index contributed by atoms with van der Waals surface area (Å²) in [5, 5.41) is 8.06. The zero-order valence-corrected chi connectivity index (χ0v) is 10.6. The molecule has 0 fully saturated rings. The van der Waals surface area contributed by atoms with Gasteiger partial charge in [-0.15, -0.1) is 5.10 Å². The van der Waals surface area contributed by atoms with Crippen LogP contribution in [-0.4, -0.2) is 28.0 Å². The van der Waals surface area contributed by atoms with Crippen LogP contribution in [0.1, 0.15) is 44.2 Å². The smallest absolute Gasteiger partial charge is 0.223 e. The lowest BCUT2D eigenvalue weighted by Crippen LogP contribution is -2.17. The number of carbonyl (C=O) groups excluding carboxylic acids is 1. The summed E-state index contributed by atoms with van der Waals surface area (Å²) >= 11 is 0. The lowest BCUT2D eigenvalue weighted by Gasteiger charge is -2.13. The van der Waals surface area contributed by atoms with E-state index in [-0.39, 0.29) is 12.5 Å². The van der Waals surface area contributed by atoms with E-state index in [1.54, 1.807) is 11.8 Å². The Bertz CT molecular complexity index is 376. The predicted octanol–water partition coefficient (Wildman–Crippen LogP) is 0.813. The maximum Gasteiger partial charge on any atom is 0.223 e. The normalized spacial score (nSPS) is 12.6. The molecular weight excluding hydrogens is 220 g/mol. The Hall–Kier alpha value is -1.43. The molecule has 0 bridgehead atoms. The highest BCUT2D eigenvalue weighted by atomic mass is 16.5. The van der Waals surface area contributed by atoms with Gasteiger partial charge in [-0.05, 0) is 13.3 Å². The van der Waals surface area contributed by atoms with E-state index in [9.17, 15) is 4.79 Å². The molecule has 96 valence electrons. The summed E-state index contributed by atoms with van der Waals surface area (Å²) < 4.78 is 7.09. The fraction of sp³-hybridized carbons (Fsp3) is 0.727. The van der Waals surface area contributed by atoms with Gasteiger partial charge in [-0.1, -0.05) is 18.6 Å². The van der Waals surface area contributed by atoms with Crippen molar-refractivity contribution in [3.63, 3.8) is 0 Å². The van der Waals surface area contributed by atoms with E-state index in [1.807, 2.05) is 6.92 Å². The van der Waals surface area contributed by atoms with E-state index in [4.69, 9.17) is 10.5 Å². The first-order valence-corrected chi connectivity index (χ1v) is 5.83. The average molecular weight is 240 g/mol. The number of unbranched alkanes of at least 4 members (excludes halogenated alkanes) is 1. The van der Waals surface area contributed by atoms with Crippen molar-refractivity contribution >= 4 is 5.91 Å². The van der Waals surface area contributed by atoms with Gasteiger partial charge in [0, 0.05) is 13.7 Å². The van der Waals surface area contributed by atoms with Crippen molar-refractivity contribution in [1.82, 2.24) is 15.0 Å². The van der Waals surface area contributed by atoms with Crippen molar-refractivity contribution in [2.45, 2.75) is 45.8 Å². The Balaban J connectivity index is 2.97. The number of ether oxygens (including phenoxy) is 1. The van der Waals surface area contributed by atoms with Crippen LogP contribution in [0.3, 0.4) is 0 Å². The van der Waals surface area contributed by atoms with E-state index < -0.39 is 5.91 Å². The number of rotatable bonds is 7. The van der Waals surface area contributed by atoms with Gasteiger partial charge in [-0.2, -0.15) is 0 Å². The first-order chi connectivity index (χ1) is 8.10. The Labute approximate surface area is 101 Å². The molecular formula is C11H20N4O2. The molecule has 0 saturated carbocycles. The van der Waals surface area contributed by atoms with Gasteiger partial charge in [0.15, 0.2) is 0 Å². The summed E-state index contributed by atoms with van der Waals surface area (Å²) in [6.07, 6.45) is 2.06. The lowest BCUT2D eigenvalue weighted by atomic mass is 10.1. The molecule has 0 saturated heterocycles. The van der Waals surface area contributed by atoms with Crippen molar-refractivity contribution < 1.29 is 9.53 Å². The van der Waals surface area contributed by atoms with Gasteiger partial charge in [0.05, 0.1) is 23.9 Å². The number of nitrogens with zero attached hydrogens (tertiary/aromatic N) is 3. The Kier molecular flexibility index (Phi) is 5.09. The van der Waals surface area contributed by atoms with Crippen molar-refractivity contribution in [2.75, 3.05) is 7.11 Å². The third kappa shape index (κ3) is 3.52. The van der Waals surface area contributed by atoms with Crippen molar-refractivity contribution in [3.8, 4) is 0 Å². The van der Waals surface area contributed by atoms with Crippen LogP contribution < -0.4 is 5.73 Å². The Morgan fingerprint density at radius 2 is 2.29 bits per heavy atom. The van der Waals surface area contributed by atoms with Gasteiger partial charge in [0.25, 0.3) is 0 Å². The van der Waals surface area contributed by atoms with E-state index in [0.29, 0.717) is 5.69 Å². The minimum atomic E-state index is -0.405. The van der Waals surface area contributed by atoms with Gasteiger partial charge in [0.2, 0.25) is 5.91 Å². The summed E-state index contributed by atoms with van der Waals surface area (Å²) in [7, 11) is 1.62. The fourth-order valence-corrected chi connectivity index (χ4v) is 1.68. The third-order valence-corrected chi connectivity index (χ3v) is 2.65. The molecule has 0 aliphatic heterocycles. The largest absolute Gasteiger partial charge is 0.375 e. The highest BCUT2D eigenvalue weighted by molar-refractivity contribution is 5.76. The zero-order valence-electron chi connectivity index (χ0n) is 10.6. The third-order valence-electron chi connectivity index (χ3n) is 2.65. The molecule has 1 aromatic rings. The molecule has 0 radical (unpaired) electrons. The fourth-order valence-electron chi connectivity index (χ4n) is 1.68. The first kappa shape index (κ1) is 13.6. The summed E-state index contributed by atoms with van der Waals surface area (Å²) in [5.74, 6) is -0.405. The van der Waals surface area contributed by atoms with Gasteiger partial charge in [-0.25, -0.2) is 4.68 Å². The number of primary amides is 1. The van der Waals surface area contributed by atoms with Gasteiger partial charge in [0.1, 0.15) is 0 Å². The lowest BCUT2D eigenvalue weighted by molar-refractivity contribution is -0.117. The van der Waals surface area contributed by atoms with E-state index in [2.05, 4.69) is 17.2 Å². The molecule has 1 unspecified atom stereocenters. The second-order valence-corrected chi connectivity index (χ2v) is 4.02. The van der Waals surface area contributed by atoms with Crippen molar-refractivity contribution in [2.24, 2.45) is 5.73 Å². The monoisotopic (exact) mass is 240 g/mol. The zero-order chi connectivity index (χ0) is 12.8. The first-order valence-electron chi connectivity index (χ1n) is 5.83. The van der Waals surface area contributed by atoms with Gasteiger partial charge >= 0.3 is 0 Å². The van der Waals surface area contributed by atoms with Crippen LogP contribution in [0.15, 0.2) is 0 Å². The topological polar surface area (TPSA) is 83.0 Å². The predicted molar refractivity (Wildman–Crippen MR) is 63.3 cm³/mol. The Morgan fingerprint density at radius 3 is 2.82 bits per heavy atom. The van der Waals surface area contributed by atoms with Crippen LogP contribution in [-0.2, 0) is 22.5 Å². The summed E-state index contributed by atoms with van der Waals surface area (Å²) in [5.41, 5.74) is 6.65. The number of methoxy groups -OCH3 is 1. The van der Waals surface area contributed by atoms with Crippen molar-refractivity contribution in [1.29, 1.82) is 0 Å². The average Bonchev–Trinajstić information content (AvgIpc) is 2.67. The molecule has 2 N–H and O–H groups in total. The molecule has 0 aromatic carbocycles. The number of hydrogen-bond donors (Lipinski definition) is 1. The molecule has 1 heterocycles. The number of nitrogens with two attached hydrogens (primary N) is 1. The molecule has 0 spiro atoms. The molecule has 1 atom stereocenters. The van der Waals surface area contributed by atoms with Gasteiger partial charge < -0.3 is 10.5 Å². The second kappa shape index (κ2) is 6.34. The summed E-state index contributed by atoms with van der Waals surface area (Å²) in [6.45, 7) is 4.80. The molecule has 6 heteroatoms. The highest BCUT2D eigenvalue weighted by Gasteiger charge is 2.19. The van der Waals surface area contributed by atoms with Crippen LogP contribution in [0.4, 0.5) is 0 Å². The number of hydrogen-bond acceptors (Lipinski definition) is 4. The van der Waals surface area contributed by atoms with Crippen LogP contribution in [0.25, 0.3) is 0 Å². The molecule has 6 nitrogen and oxygen atoms in total. The summed E-state index contributed by atoms with van der Waals surface area (Å²) in [4.78, 5) is 11.0. The maximum atomic E-state index is 11.0. The number of carbonyl (C=O) groups is 1. The van der Waals surface area contributed by atoms with E-state index in [1.165, 1.54) is 0 Å². The minimum Gasteiger partial charge on any atom is -0.375 e. The molecule has 1 rings (SSSR count). The van der Waals surface area contributed by atoms with Crippen molar-refractivity contribution in [3.05, 3.63) is 11.4 Å². The van der Waals surface area contributed by atoms with Crippen LogP contribution in [0.5, 0.6) is 0 Å². The van der Waals surface area contributed by atoms with E-state index >= 15 is 0 Å². The quantitative estimate of drug-likeness (QED) is 0.764. The minimum absolute atomic E-state index is 0.106. The molecule has 1 amide bonds. The number of amides is 1. The maximum absolute atomic E-state index is 11.0. The second-order valence-electron chi connectivity index (χ2n) is 4.02. The molecule has 0 aliphatic rings. The number of aryl methyl sites for hydroxylation is 1. The highest BCUT2D eigenvalue weighted by Crippen LogP contribution is 2.19.